The number of hydrogen-bond donors (Lipinski definition) is 0. The first-order valence-corrected chi connectivity index (χ1v) is 8.31. The second-order valence-electron chi connectivity index (χ2n) is 6.81. The van der Waals surface area contributed by atoms with Crippen LogP contribution in [0.25, 0.3) is 5.57 Å². The predicted molar refractivity (Wildman–Crippen MR) is 92.4 cm³/mol. The number of hydrogen-bond acceptors (Lipinski definition) is 0. The van der Waals surface area contributed by atoms with E-state index >= 15 is 0 Å². The summed E-state index contributed by atoms with van der Waals surface area (Å²) in [5.41, 5.74) is 8.06. The van der Waals surface area contributed by atoms with Crippen LogP contribution in [0.4, 0.5) is 0 Å². The minimum atomic E-state index is 0.879. The number of rotatable bonds is 3. The summed E-state index contributed by atoms with van der Waals surface area (Å²) in [6, 6.07) is 6.81. The Bertz CT molecular complexity index is 594. The van der Waals surface area contributed by atoms with Gasteiger partial charge in [0, 0.05) is 0 Å². The molecular weight excluding hydrogens is 252 g/mol. The fourth-order valence-corrected chi connectivity index (χ4v) is 3.90. The highest BCUT2D eigenvalue weighted by molar-refractivity contribution is 5.80. The molecule has 0 aromatic heterocycles. The van der Waals surface area contributed by atoms with Gasteiger partial charge in [-0.15, -0.1) is 0 Å². The van der Waals surface area contributed by atoms with Crippen molar-refractivity contribution in [3.63, 3.8) is 0 Å². The third-order valence-corrected chi connectivity index (χ3v) is 5.07. The molecule has 0 heteroatoms. The second-order valence-corrected chi connectivity index (χ2v) is 6.81. The third-order valence-electron chi connectivity index (χ3n) is 5.07. The van der Waals surface area contributed by atoms with Gasteiger partial charge < -0.3 is 0 Å². The van der Waals surface area contributed by atoms with Crippen molar-refractivity contribution >= 4 is 5.57 Å². The largest absolute Gasteiger partial charge is 0.0958 e. The molecule has 0 heterocycles. The normalized spacial score (nSPS) is 19.1. The first-order valence-electron chi connectivity index (χ1n) is 8.31. The van der Waals surface area contributed by atoms with Crippen molar-refractivity contribution in [1.82, 2.24) is 0 Å². The van der Waals surface area contributed by atoms with Gasteiger partial charge >= 0.3 is 0 Å². The molecule has 0 amide bonds. The SMILES string of the molecule is C=C(C)C1=CC(=C)c2c(cccc2CC2CCCCC2)C1. The average Bonchev–Trinajstić information content (AvgIpc) is 2.48. The van der Waals surface area contributed by atoms with Crippen LogP contribution in [0.5, 0.6) is 0 Å². The molecular formula is C21H26. The molecule has 21 heavy (non-hydrogen) atoms. The van der Waals surface area contributed by atoms with Crippen LogP contribution in [-0.4, -0.2) is 0 Å². The van der Waals surface area contributed by atoms with E-state index < -0.39 is 0 Å². The predicted octanol–water partition coefficient (Wildman–Crippen LogP) is 5.88. The average molecular weight is 278 g/mol. The van der Waals surface area contributed by atoms with Gasteiger partial charge in [0.05, 0.1) is 0 Å². The van der Waals surface area contributed by atoms with Crippen LogP contribution in [0, 0.1) is 5.92 Å². The Balaban J connectivity index is 1.88. The van der Waals surface area contributed by atoms with Crippen LogP contribution >= 0.6 is 0 Å². The lowest BCUT2D eigenvalue weighted by Crippen LogP contribution is -2.12. The van der Waals surface area contributed by atoms with Crippen LogP contribution in [0.2, 0.25) is 0 Å². The van der Waals surface area contributed by atoms with E-state index in [9.17, 15) is 0 Å². The Morgan fingerprint density at radius 2 is 1.95 bits per heavy atom. The summed E-state index contributed by atoms with van der Waals surface area (Å²) >= 11 is 0. The summed E-state index contributed by atoms with van der Waals surface area (Å²) in [6.45, 7) is 10.5. The minimum absolute atomic E-state index is 0.879. The summed E-state index contributed by atoms with van der Waals surface area (Å²) < 4.78 is 0. The van der Waals surface area contributed by atoms with Gasteiger partial charge in [-0.3, -0.25) is 0 Å². The Morgan fingerprint density at radius 3 is 2.67 bits per heavy atom. The summed E-state index contributed by atoms with van der Waals surface area (Å²) in [7, 11) is 0. The molecule has 1 aromatic rings. The van der Waals surface area contributed by atoms with Crippen molar-refractivity contribution < 1.29 is 0 Å². The van der Waals surface area contributed by atoms with Gasteiger partial charge in [-0.2, -0.15) is 0 Å². The molecule has 2 aliphatic carbocycles. The van der Waals surface area contributed by atoms with E-state index in [-0.39, 0.29) is 0 Å². The van der Waals surface area contributed by atoms with Crippen molar-refractivity contribution in [2.75, 3.05) is 0 Å². The Kier molecular flexibility index (Phi) is 4.14. The highest BCUT2D eigenvalue weighted by atomic mass is 14.2. The zero-order valence-electron chi connectivity index (χ0n) is 13.3. The molecule has 0 nitrogen and oxygen atoms in total. The fourth-order valence-electron chi connectivity index (χ4n) is 3.90. The van der Waals surface area contributed by atoms with E-state index in [2.05, 4.69) is 44.4 Å². The highest BCUT2D eigenvalue weighted by Gasteiger charge is 2.20. The van der Waals surface area contributed by atoms with Gasteiger partial charge in [-0.1, -0.05) is 75.1 Å². The van der Waals surface area contributed by atoms with Gasteiger partial charge in [-0.05, 0) is 53.5 Å². The zero-order valence-corrected chi connectivity index (χ0v) is 13.3. The molecule has 0 atom stereocenters. The lowest BCUT2D eigenvalue weighted by Gasteiger charge is -2.26. The van der Waals surface area contributed by atoms with Gasteiger partial charge in [0.15, 0.2) is 0 Å². The van der Waals surface area contributed by atoms with E-state index in [1.165, 1.54) is 71.9 Å². The molecule has 0 spiro atoms. The van der Waals surface area contributed by atoms with Gasteiger partial charge in [0.1, 0.15) is 0 Å². The number of allylic oxidation sites excluding steroid dienone is 4. The lowest BCUT2D eigenvalue weighted by molar-refractivity contribution is 0.356. The summed E-state index contributed by atoms with van der Waals surface area (Å²) in [5, 5.41) is 0. The molecule has 2 aliphatic rings. The monoisotopic (exact) mass is 278 g/mol. The van der Waals surface area contributed by atoms with Crippen LogP contribution in [0.15, 0.2) is 48.6 Å². The molecule has 0 N–H and O–H groups in total. The molecule has 1 aromatic carbocycles. The van der Waals surface area contributed by atoms with Crippen LogP contribution in [0.1, 0.15) is 55.7 Å². The molecule has 3 rings (SSSR count). The molecule has 0 radical (unpaired) electrons. The van der Waals surface area contributed by atoms with Crippen molar-refractivity contribution in [1.29, 1.82) is 0 Å². The fraction of sp³-hybridized carbons (Fsp3) is 0.429. The van der Waals surface area contributed by atoms with E-state index in [1.54, 1.807) is 0 Å². The zero-order chi connectivity index (χ0) is 14.8. The van der Waals surface area contributed by atoms with Crippen molar-refractivity contribution in [2.24, 2.45) is 5.92 Å². The smallest absolute Gasteiger partial charge is 0.00169 e. The van der Waals surface area contributed by atoms with Crippen molar-refractivity contribution in [3.8, 4) is 0 Å². The van der Waals surface area contributed by atoms with Crippen LogP contribution in [0.3, 0.4) is 0 Å². The van der Waals surface area contributed by atoms with Crippen molar-refractivity contribution in [3.05, 3.63) is 65.3 Å². The van der Waals surface area contributed by atoms with E-state index in [0.29, 0.717) is 0 Å². The standard InChI is InChI=1S/C21H26/c1-15(2)20-12-16(3)21-18(10-7-11-19(21)14-20)13-17-8-5-4-6-9-17/h7,10-12,17H,1,3-6,8-9,13-14H2,2H3. The third kappa shape index (κ3) is 3.05. The first kappa shape index (κ1) is 14.4. The minimum Gasteiger partial charge on any atom is -0.0958 e. The van der Waals surface area contributed by atoms with Crippen molar-refractivity contribution in [2.45, 2.75) is 51.9 Å². The Morgan fingerprint density at radius 1 is 1.19 bits per heavy atom. The second kappa shape index (κ2) is 6.05. The summed E-state index contributed by atoms with van der Waals surface area (Å²) in [6.07, 6.45) is 11.6. The van der Waals surface area contributed by atoms with Crippen LogP contribution < -0.4 is 0 Å². The quantitative estimate of drug-likeness (QED) is 0.647. The van der Waals surface area contributed by atoms with E-state index in [1.807, 2.05) is 0 Å². The highest BCUT2D eigenvalue weighted by Crippen LogP contribution is 2.36. The summed E-state index contributed by atoms with van der Waals surface area (Å²) in [4.78, 5) is 0. The van der Waals surface area contributed by atoms with E-state index in [4.69, 9.17) is 0 Å². The Labute approximate surface area is 129 Å². The molecule has 0 unspecified atom stereocenters. The topological polar surface area (TPSA) is 0 Å². The Hall–Kier alpha value is -1.56. The van der Waals surface area contributed by atoms with Gasteiger partial charge in [0.2, 0.25) is 0 Å². The first-order chi connectivity index (χ1) is 10.1. The maximum absolute atomic E-state index is 4.32. The summed E-state index contributed by atoms with van der Waals surface area (Å²) in [5.74, 6) is 0.879. The van der Waals surface area contributed by atoms with Gasteiger partial charge in [-0.25, -0.2) is 0 Å². The molecule has 0 bridgehead atoms. The van der Waals surface area contributed by atoms with E-state index in [0.717, 1.165) is 12.3 Å². The molecule has 110 valence electrons. The molecule has 1 saturated carbocycles. The maximum atomic E-state index is 4.32. The molecule has 1 fully saturated rings. The number of fused-ring (bicyclic) bond motifs is 1. The molecule has 0 saturated heterocycles. The van der Waals surface area contributed by atoms with Gasteiger partial charge in [0.25, 0.3) is 0 Å². The number of benzene rings is 1. The molecule has 0 aliphatic heterocycles. The lowest BCUT2D eigenvalue weighted by atomic mass is 9.79. The maximum Gasteiger partial charge on any atom is -0.00169 e. The van der Waals surface area contributed by atoms with Crippen LogP contribution in [-0.2, 0) is 12.8 Å².